The van der Waals surface area contributed by atoms with E-state index in [4.69, 9.17) is 35.4 Å². The maximum Gasteiger partial charge on any atom is 0.416 e. The topological polar surface area (TPSA) is 73.0 Å². The van der Waals surface area contributed by atoms with Crippen molar-refractivity contribution >= 4 is 51.9 Å². The number of nitro groups is 1. The molecule has 1 heterocycles. The molecule has 30 heavy (non-hydrogen) atoms. The number of anilines is 1. The van der Waals surface area contributed by atoms with Crippen molar-refractivity contribution in [3.63, 3.8) is 0 Å². The monoisotopic (exact) mass is 474 g/mol. The van der Waals surface area contributed by atoms with Gasteiger partial charge in [0.05, 0.1) is 25.5 Å². The standard InChI is InChI=1S/C18H11Cl2F3N4O2S/c19-12-7-11(18(21,22)23)8-13(20)16(12)26-17(14(9-24-26)27(28)29)25-15(30)6-10-4-2-1-3-5-10/h1-5,7-9H,6H2,(H,25,30). The van der Waals surface area contributed by atoms with E-state index in [9.17, 15) is 23.3 Å². The van der Waals surface area contributed by atoms with Crippen molar-refractivity contribution in [3.05, 3.63) is 79.9 Å². The number of nitrogens with zero attached hydrogens (tertiary/aromatic N) is 3. The van der Waals surface area contributed by atoms with Gasteiger partial charge in [-0.15, -0.1) is 0 Å². The number of thiocarbonyl (C=S) groups is 1. The van der Waals surface area contributed by atoms with Crippen molar-refractivity contribution in [2.75, 3.05) is 5.32 Å². The molecule has 0 spiro atoms. The normalized spacial score (nSPS) is 11.4. The van der Waals surface area contributed by atoms with E-state index in [1.54, 1.807) is 0 Å². The van der Waals surface area contributed by atoms with Crippen LogP contribution >= 0.6 is 35.4 Å². The Morgan fingerprint density at radius 2 is 1.80 bits per heavy atom. The first-order chi connectivity index (χ1) is 14.1. The third-order valence-corrected chi connectivity index (χ3v) is 4.79. The van der Waals surface area contributed by atoms with Gasteiger partial charge in [-0.1, -0.05) is 65.8 Å². The van der Waals surface area contributed by atoms with Crippen LogP contribution < -0.4 is 5.32 Å². The predicted octanol–water partition coefficient (Wildman–Crippen LogP) is 6.09. The maximum absolute atomic E-state index is 13.0. The van der Waals surface area contributed by atoms with Crippen molar-refractivity contribution in [1.29, 1.82) is 0 Å². The van der Waals surface area contributed by atoms with E-state index in [0.29, 0.717) is 12.1 Å². The lowest BCUT2D eigenvalue weighted by Crippen LogP contribution is -2.17. The number of hydrogen-bond donors (Lipinski definition) is 1. The largest absolute Gasteiger partial charge is 0.416 e. The van der Waals surface area contributed by atoms with E-state index in [2.05, 4.69) is 10.4 Å². The molecule has 1 N–H and O–H groups in total. The number of benzene rings is 2. The van der Waals surface area contributed by atoms with Crippen LogP contribution in [0, 0.1) is 10.1 Å². The van der Waals surface area contributed by atoms with Crippen LogP contribution in [0.1, 0.15) is 11.1 Å². The first-order valence-corrected chi connectivity index (χ1v) is 9.37. The van der Waals surface area contributed by atoms with Crippen molar-refractivity contribution in [2.45, 2.75) is 12.6 Å². The molecule has 0 aliphatic rings. The molecule has 12 heteroatoms. The molecular weight excluding hydrogens is 464 g/mol. The molecule has 0 aliphatic heterocycles. The highest BCUT2D eigenvalue weighted by Crippen LogP contribution is 2.39. The molecule has 156 valence electrons. The minimum Gasteiger partial charge on any atom is -0.329 e. The van der Waals surface area contributed by atoms with Crippen molar-refractivity contribution in [3.8, 4) is 5.69 Å². The summed E-state index contributed by atoms with van der Waals surface area (Å²) in [4.78, 5) is 10.9. The number of hydrogen-bond acceptors (Lipinski definition) is 4. The van der Waals surface area contributed by atoms with Crippen LogP contribution in [0.5, 0.6) is 0 Å². The number of aromatic nitrogens is 2. The maximum atomic E-state index is 13.0. The molecule has 6 nitrogen and oxygen atoms in total. The first-order valence-electron chi connectivity index (χ1n) is 8.20. The number of nitrogens with one attached hydrogen (secondary N) is 1. The Labute approximate surface area is 183 Å². The Bertz CT molecular complexity index is 1100. The first kappa shape index (κ1) is 22.0. The molecule has 1 aromatic heterocycles. The molecule has 0 aliphatic carbocycles. The zero-order chi connectivity index (χ0) is 22.1. The Morgan fingerprint density at radius 1 is 1.20 bits per heavy atom. The van der Waals surface area contributed by atoms with E-state index < -0.39 is 22.4 Å². The van der Waals surface area contributed by atoms with Gasteiger partial charge in [-0.2, -0.15) is 18.3 Å². The highest BCUT2D eigenvalue weighted by Gasteiger charge is 2.33. The third kappa shape index (κ3) is 4.72. The van der Waals surface area contributed by atoms with E-state index in [1.807, 2.05) is 30.3 Å². The molecule has 0 amide bonds. The molecule has 2 aromatic carbocycles. The van der Waals surface area contributed by atoms with Crippen molar-refractivity contribution < 1.29 is 18.1 Å². The molecule has 3 rings (SSSR count). The van der Waals surface area contributed by atoms with Gasteiger partial charge < -0.3 is 5.32 Å². The highest BCUT2D eigenvalue weighted by molar-refractivity contribution is 7.80. The van der Waals surface area contributed by atoms with Gasteiger partial charge in [0, 0.05) is 6.42 Å². The summed E-state index contributed by atoms with van der Waals surface area (Å²) >= 11 is 17.3. The summed E-state index contributed by atoms with van der Waals surface area (Å²) < 4.78 is 39.9. The molecule has 0 saturated carbocycles. The summed E-state index contributed by atoms with van der Waals surface area (Å²) in [6.07, 6.45) is -3.47. The fourth-order valence-electron chi connectivity index (χ4n) is 2.65. The summed E-state index contributed by atoms with van der Waals surface area (Å²) in [6, 6.07) is 10.4. The second-order valence-electron chi connectivity index (χ2n) is 6.04. The quantitative estimate of drug-likeness (QED) is 0.275. The number of alkyl halides is 3. The van der Waals surface area contributed by atoms with Gasteiger partial charge in [0.1, 0.15) is 11.9 Å². The van der Waals surface area contributed by atoms with E-state index in [1.165, 1.54) is 0 Å². The fraction of sp³-hybridized carbons (Fsp3) is 0.111. The average molecular weight is 475 g/mol. The van der Waals surface area contributed by atoms with E-state index >= 15 is 0 Å². The highest BCUT2D eigenvalue weighted by atomic mass is 35.5. The fourth-order valence-corrected chi connectivity index (χ4v) is 3.56. The van der Waals surface area contributed by atoms with Crippen LogP contribution in [-0.4, -0.2) is 19.7 Å². The molecule has 0 fully saturated rings. The van der Waals surface area contributed by atoms with E-state index in [-0.39, 0.29) is 33.0 Å². The molecule has 0 radical (unpaired) electrons. The molecular formula is C18H11Cl2F3N4O2S. The van der Waals surface area contributed by atoms with Gasteiger partial charge in [-0.3, -0.25) is 10.1 Å². The number of halogens is 5. The predicted molar refractivity (Wildman–Crippen MR) is 112 cm³/mol. The Kier molecular flexibility index (Phi) is 6.30. The molecule has 0 saturated heterocycles. The third-order valence-electron chi connectivity index (χ3n) is 3.97. The van der Waals surface area contributed by atoms with Crippen LogP contribution in [0.15, 0.2) is 48.7 Å². The summed E-state index contributed by atoms with van der Waals surface area (Å²) in [5.74, 6) is -0.176. The summed E-state index contributed by atoms with van der Waals surface area (Å²) in [5.41, 5.74) is -0.798. The molecule has 0 bridgehead atoms. The Morgan fingerprint density at radius 3 is 2.33 bits per heavy atom. The lowest BCUT2D eigenvalue weighted by Gasteiger charge is -2.15. The van der Waals surface area contributed by atoms with Gasteiger partial charge in [0.2, 0.25) is 5.82 Å². The Balaban J connectivity index is 2.03. The minimum absolute atomic E-state index is 0.149. The van der Waals surface area contributed by atoms with Gasteiger partial charge in [-0.25, -0.2) is 4.68 Å². The molecule has 0 unspecified atom stereocenters. The van der Waals surface area contributed by atoms with Gasteiger partial charge in [0.15, 0.2) is 0 Å². The summed E-state index contributed by atoms with van der Waals surface area (Å²) in [7, 11) is 0. The van der Waals surface area contributed by atoms with Gasteiger partial charge in [-0.05, 0) is 17.7 Å². The summed E-state index contributed by atoms with van der Waals surface area (Å²) in [6.45, 7) is 0. The lowest BCUT2D eigenvalue weighted by molar-refractivity contribution is -0.383. The zero-order valence-corrected chi connectivity index (χ0v) is 17.1. The van der Waals surface area contributed by atoms with E-state index in [0.717, 1.165) is 16.4 Å². The SMILES string of the molecule is O=[N+]([O-])c1cnn(-c2c(Cl)cc(C(F)(F)F)cc2Cl)c1NC(=S)Cc1ccccc1. The van der Waals surface area contributed by atoms with Crippen LogP contribution in [0.3, 0.4) is 0 Å². The second-order valence-corrected chi connectivity index (χ2v) is 7.35. The van der Waals surface area contributed by atoms with Crippen LogP contribution in [-0.2, 0) is 12.6 Å². The number of rotatable bonds is 5. The smallest absolute Gasteiger partial charge is 0.329 e. The average Bonchev–Trinajstić information content (AvgIpc) is 3.04. The minimum atomic E-state index is -4.67. The second kappa shape index (κ2) is 8.58. The van der Waals surface area contributed by atoms with Crippen LogP contribution in [0.2, 0.25) is 10.0 Å². The summed E-state index contributed by atoms with van der Waals surface area (Å²) in [5, 5.41) is 17.3. The zero-order valence-electron chi connectivity index (χ0n) is 14.8. The molecule has 0 atom stereocenters. The van der Waals surface area contributed by atoms with Gasteiger partial charge >= 0.3 is 11.9 Å². The lowest BCUT2D eigenvalue weighted by atomic mass is 10.1. The van der Waals surface area contributed by atoms with Crippen LogP contribution in [0.4, 0.5) is 24.7 Å². The van der Waals surface area contributed by atoms with Crippen LogP contribution in [0.25, 0.3) is 5.69 Å². The Hall–Kier alpha value is -2.69. The van der Waals surface area contributed by atoms with Crippen molar-refractivity contribution in [1.82, 2.24) is 9.78 Å². The van der Waals surface area contributed by atoms with Gasteiger partial charge in [0.25, 0.3) is 0 Å². The van der Waals surface area contributed by atoms with Crippen molar-refractivity contribution in [2.24, 2.45) is 0 Å². The molecule has 3 aromatic rings.